The lowest BCUT2D eigenvalue weighted by Gasteiger charge is -2.32. The maximum absolute atomic E-state index is 5.33. The molecule has 4 heteroatoms. The summed E-state index contributed by atoms with van der Waals surface area (Å²) in [6, 6.07) is 6.64. The molecule has 0 spiro atoms. The van der Waals surface area contributed by atoms with Crippen molar-refractivity contribution in [1.29, 1.82) is 0 Å². The molecule has 1 atom stereocenters. The Bertz CT molecular complexity index is 558. The molecule has 1 aromatic carbocycles. The lowest BCUT2D eigenvalue weighted by atomic mass is 10.0. The number of aromatic amines is 1. The van der Waals surface area contributed by atoms with Crippen molar-refractivity contribution in [3.8, 4) is 5.75 Å². The quantitative estimate of drug-likeness (QED) is 0.887. The van der Waals surface area contributed by atoms with E-state index in [4.69, 9.17) is 4.74 Å². The van der Waals surface area contributed by atoms with E-state index in [0.29, 0.717) is 6.04 Å². The molecular weight excluding hydrogens is 238 g/mol. The molecule has 19 heavy (non-hydrogen) atoms. The smallest absolute Gasteiger partial charge is 0.119 e. The van der Waals surface area contributed by atoms with Crippen molar-refractivity contribution < 1.29 is 4.74 Å². The SMILES string of the molecule is COc1ccc2[nH]cc([C@H](C)N3CCNCC3)c2c1. The molecule has 2 N–H and O–H groups in total. The fourth-order valence-corrected chi connectivity index (χ4v) is 2.86. The third-order valence-corrected chi connectivity index (χ3v) is 4.07. The van der Waals surface area contributed by atoms with Crippen LogP contribution < -0.4 is 10.1 Å². The fourth-order valence-electron chi connectivity index (χ4n) is 2.86. The standard InChI is InChI=1S/C15H21N3O/c1-11(18-7-5-16-6-8-18)14-10-17-15-4-3-12(19-2)9-13(14)15/h3-4,9-11,16-17H,5-8H2,1-2H3/t11-/m0/s1. The molecule has 1 saturated heterocycles. The predicted octanol–water partition coefficient (Wildman–Crippen LogP) is 2.14. The second-order valence-electron chi connectivity index (χ2n) is 5.12. The van der Waals surface area contributed by atoms with Crippen LogP contribution >= 0.6 is 0 Å². The highest BCUT2D eigenvalue weighted by atomic mass is 16.5. The van der Waals surface area contributed by atoms with Crippen LogP contribution in [0.25, 0.3) is 10.9 Å². The molecule has 1 aromatic heterocycles. The summed E-state index contributed by atoms with van der Waals surface area (Å²) in [5, 5.41) is 4.67. The first-order valence-electron chi connectivity index (χ1n) is 6.89. The molecular formula is C15H21N3O. The average Bonchev–Trinajstić information content (AvgIpc) is 2.90. The van der Waals surface area contributed by atoms with E-state index in [9.17, 15) is 0 Å². The summed E-state index contributed by atoms with van der Waals surface area (Å²) in [7, 11) is 1.72. The number of hydrogen-bond donors (Lipinski definition) is 2. The number of nitrogens with zero attached hydrogens (tertiary/aromatic N) is 1. The number of benzene rings is 1. The molecule has 1 aliphatic heterocycles. The molecule has 2 aromatic rings. The number of methoxy groups -OCH3 is 1. The number of piperazine rings is 1. The number of H-pyrrole nitrogens is 1. The Morgan fingerprint density at radius 2 is 2.05 bits per heavy atom. The lowest BCUT2D eigenvalue weighted by Crippen LogP contribution is -2.44. The number of ether oxygens (including phenoxy) is 1. The normalized spacial score (nSPS) is 18.6. The maximum Gasteiger partial charge on any atom is 0.119 e. The van der Waals surface area contributed by atoms with Crippen molar-refractivity contribution in [1.82, 2.24) is 15.2 Å². The second-order valence-corrected chi connectivity index (χ2v) is 5.12. The van der Waals surface area contributed by atoms with Gasteiger partial charge < -0.3 is 15.0 Å². The number of rotatable bonds is 3. The minimum absolute atomic E-state index is 0.433. The molecule has 3 rings (SSSR count). The summed E-state index contributed by atoms with van der Waals surface area (Å²) in [4.78, 5) is 5.89. The van der Waals surface area contributed by atoms with Gasteiger partial charge in [-0.2, -0.15) is 0 Å². The van der Waals surface area contributed by atoms with E-state index in [1.54, 1.807) is 7.11 Å². The minimum atomic E-state index is 0.433. The van der Waals surface area contributed by atoms with Gasteiger partial charge in [0.05, 0.1) is 7.11 Å². The van der Waals surface area contributed by atoms with E-state index >= 15 is 0 Å². The Morgan fingerprint density at radius 1 is 1.26 bits per heavy atom. The molecule has 0 unspecified atom stereocenters. The van der Waals surface area contributed by atoms with Gasteiger partial charge in [-0.25, -0.2) is 0 Å². The molecule has 1 fully saturated rings. The molecule has 0 amide bonds. The van der Waals surface area contributed by atoms with Crippen LogP contribution in [-0.2, 0) is 0 Å². The van der Waals surface area contributed by atoms with Gasteiger partial charge in [0.2, 0.25) is 0 Å². The molecule has 0 radical (unpaired) electrons. The molecule has 0 saturated carbocycles. The van der Waals surface area contributed by atoms with Crippen molar-refractivity contribution in [3.05, 3.63) is 30.0 Å². The van der Waals surface area contributed by atoms with Gasteiger partial charge in [0.15, 0.2) is 0 Å². The van der Waals surface area contributed by atoms with E-state index in [2.05, 4.69) is 40.5 Å². The van der Waals surface area contributed by atoms with Crippen LogP contribution in [0.15, 0.2) is 24.4 Å². The van der Waals surface area contributed by atoms with Crippen molar-refractivity contribution >= 4 is 10.9 Å². The van der Waals surface area contributed by atoms with Crippen LogP contribution in [0.5, 0.6) is 5.75 Å². The zero-order chi connectivity index (χ0) is 13.2. The summed E-state index contributed by atoms with van der Waals surface area (Å²) in [5.41, 5.74) is 2.54. The Kier molecular flexibility index (Phi) is 3.44. The summed E-state index contributed by atoms with van der Waals surface area (Å²) in [6.45, 7) is 6.66. The molecule has 0 aliphatic carbocycles. The van der Waals surface area contributed by atoms with Gasteiger partial charge in [0, 0.05) is 49.3 Å². The molecule has 2 heterocycles. The molecule has 102 valence electrons. The van der Waals surface area contributed by atoms with Crippen molar-refractivity contribution in [2.45, 2.75) is 13.0 Å². The molecule has 4 nitrogen and oxygen atoms in total. The first-order valence-corrected chi connectivity index (χ1v) is 6.89. The predicted molar refractivity (Wildman–Crippen MR) is 77.7 cm³/mol. The Morgan fingerprint density at radius 3 is 2.79 bits per heavy atom. The minimum Gasteiger partial charge on any atom is -0.497 e. The van der Waals surface area contributed by atoms with Gasteiger partial charge in [-0.1, -0.05) is 0 Å². The topological polar surface area (TPSA) is 40.3 Å². The van der Waals surface area contributed by atoms with Crippen LogP contribution in [0.1, 0.15) is 18.5 Å². The van der Waals surface area contributed by atoms with Gasteiger partial charge in [-0.05, 0) is 30.7 Å². The number of hydrogen-bond acceptors (Lipinski definition) is 3. The largest absolute Gasteiger partial charge is 0.497 e. The second kappa shape index (κ2) is 5.23. The first-order chi connectivity index (χ1) is 9.29. The van der Waals surface area contributed by atoms with Gasteiger partial charge in [0.25, 0.3) is 0 Å². The number of aromatic nitrogens is 1. The number of nitrogens with one attached hydrogen (secondary N) is 2. The summed E-state index contributed by atoms with van der Waals surface area (Å²) in [5.74, 6) is 0.917. The lowest BCUT2D eigenvalue weighted by molar-refractivity contribution is 0.186. The van der Waals surface area contributed by atoms with E-state index < -0.39 is 0 Å². The zero-order valence-electron chi connectivity index (χ0n) is 11.6. The van der Waals surface area contributed by atoms with Crippen molar-refractivity contribution in [2.75, 3.05) is 33.3 Å². The van der Waals surface area contributed by atoms with Crippen LogP contribution in [0.2, 0.25) is 0 Å². The van der Waals surface area contributed by atoms with Crippen LogP contribution in [-0.4, -0.2) is 43.2 Å². The van der Waals surface area contributed by atoms with E-state index in [-0.39, 0.29) is 0 Å². The number of fused-ring (bicyclic) bond motifs is 1. The third kappa shape index (κ3) is 2.33. The highest BCUT2D eigenvalue weighted by Crippen LogP contribution is 2.30. The van der Waals surface area contributed by atoms with Gasteiger partial charge in [0.1, 0.15) is 5.75 Å². The zero-order valence-corrected chi connectivity index (χ0v) is 11.6. The third-order valence-electron chi connectivity index (χ3n) is 4.07. The maximum atomic E-state index is 5.33. The molecule has 1 aliphatic rings. The monoisotopic (exact) mass is 259 g/mol. The molecule has 0 bridgehead atoms. The van der Waals surface area contributed by atoms with Gasteiger partial charge >= 0.3 is 0 Å². The van der Waals surface area contributed by atoms with Crippen molar-refractivity contribution in [3.63, 3.8) is 0 Å². The summed E-state index contributed by atoms with van der Waals surface area (Å²) < 4.78 is 5.33. The Balaban J connectivity index is 1.94. The average molecular weight is 259 g/mol. The van der Waals surface area contributed by atoms with E-state index in [1.807, 2.05) is 6.07 Å². The van der Waals surface area contributed by atoms with E-state index in [0.717, 1.165) is 31.9 Å². The van der Waals surface area contributed by atoms with Gasteiger partial charge in [-0.15, -0.1) is 0 Å². The summed E-state index contributed by atoms with van der Waals surface area (Å²) >= 11 is 0. The summed E-state index contributed by atoms with van der Waals surface area (Å²) in [6.07, 6.45) is 2.14. The first kappa shape index (κ1) is 12.5. The van der Waals surface area contributed by atoms with Crippen molar-refractivity contribution in [2.24, 2.45) is 0 Å². The van der Waals surface area contributed by atoms with Crippen LogP contribution in [0, 0.1) is 0 Å². The highest BCUT2D eigenvalue weighted by Gasteiger charge is 2.20. The van der Waals surface area contributed by atoms with Gasteiger partial charge in [-0.3, -0.25) is 4.90 Å². The van der Waals surface area contributed by atoms with Crippen LogP contribution in [0.3, 0.4) is 0 Å². The Hall–Kier alpha value is -1.52. The Labute approximate surface area is 113 Å². The fraction of sp³-hybridized carbons (Fsp3) is 0.467. The van der Waals surface area contributed by atoms with E-state index in [1.165, 1.54) is 16.5 Å². The highest BCUT2D eigenvalue weighted by molar-refractivity contribution is 5.85. The van der Waals surface area contributed by atoms with Crippen LogP contribution in [0.4, 0.5) is 0 Å².